The lowest BCUT2D eigenvalue weighted by atomic mass is 9.86. The summed E-state index contributed by atoms with van der Waals surface area (Å²) in [4.78, 5) is 19.0. The number of anilines is 1. The molecule has 2 fully saturated rings. The highest BCUT2D eigenvalue weighted by atomic mass is 16.5. The fraction of sp³-hybridized carbons (Fsp3) is 0.647. The van der Waals surface area contributed by atoms with Crippen molar-refractivity contribution in [1.82, 2.24) is 9.88 Å². The van der Waals surface area contributed by atoms with Crippen LogP contribution in [0.2, 0.25) is 0 Å². The zero-order valence-electron chi connectivity index (χ0n) is 13.4. The number of amides is 2. The van der Waals surface area contributed by atoms with Crippen molar-refractivity contribution in [2.45, 2.75) is 57.5 Å². The van der Waals surface area contributed by atoms with Crippen LogP contribution in [0.5, 0.6) is 5.88 Å². The third-order valence-electron chi connectivity index (χ3n) is 4.76. The van der Waals surface area contributed by atoms with Gasteiger partial charge in [0.05, 0.1) is 7.11 Å². The van der Waals surface area contributed by atoms with E-state index in [1.165, 1.54) is 12.8 Å². The van der Waals surface area contributed by atoms with Gasteiger partial charge in [-0.15, -0.1) is 0 Å². The second-order valence-corrected chi connectivity index (χ2v) is 6.54. The monoisotopic (exact) mass is 303 g/mol. The summed E-state index contributed by atoms with van der Waals surface area (Å²) in [6.07, 6.45) is 8.60. The Kier molecular flexibility index (Phi) is 4.50. The lowest BCUT2D eigenvalue weighted by Crippen LogP contribution is -2.46. The van der Waals surface area contributed by atoms with E-state index >= 15 is 0 Å². The Balaban J connectivity index is 1.70. The average molecular weight is 303 g/mol. The lowest BCUT2D eigenvalue weighted by molar-refractivity contribution is 0.151. The molecule has 2 saturated carbocycles. The van der Waals surface area contributed by atoms with E-state index in [1.807, 2.05) is 12.1 Å². The van der Waals surface area contributed by atoms with Crippen molar-refractivity contribution in [3.8, 4) is 5.88 Å². The Hall–Kier alpha value is -1.78. The van der Waals surface area contributed by atoms with Crippen LogP contribution in [0.4, 0.5) is 10.5 Å². The van der Waals surface area contributed by atoms with Gasteiger partial charge in [-0.05, 0) is 56.6 Å². The standard InChI is InChI=1S/C17H25N3O2/c1-12-5-7-13(8-6-12)20(14-9-10-14)17(21)19-15-4-3-11-18-16(15)22-2/h3-4,11-14H,5-10H2,1-2H3,(H,19,21). The summed E-state index contributed by atoms with van der Waals surface area (Å²) < 4.78 is 5.22. The van der Waals surface area contributed by atoms with Crippen molar-refractivity contribution in [2.24, 2.45) is 5.92 Å². The molecule has 0 aromatic carbocycles. The van der Waals surface area contributed by atoms with Crippen molar-refractivity contribution < 1.29 is 9.53 Å². The molecule has 0 atom stereocenters. The number of carbonyl (C=O) groups excluding carboxylic acids is 1. The second kappa shape index (κ2) is 6.55. The fourth-order valence-corrected chi connectivity index (χ4v) is 3.33. The van der Waals surface area contributed by atoms with Crippen LogP contribution in [-0.4, -0.2) is 35.1 Å². The first-order chi connectivity index (χ1) is 10.7. The number of hydrogen-bond acceptors (Lipinski definition) is 3. The van der Waals surface area contributed by atoms with Crippen molar-refractivity contribution in [3.05, 3.63) is 18.3 Å². The number of pyridine rings is 1. The van der Waals surface area contributed by atoms with E-state index in [-0.39, 0.29) is 6.03 Å². The molecule has 0 unspecified atom stereocenters. The Morgan fingerprint density at radius 1 is 1.23 bits per heavy atom. The SMILES string of the molecule is COc1ncccc1NC(=O)N(C1CCC(C)CC1)C1CC1. The molecule has 5 nitrogen and oxygen atoms in total. The first-order valence-corrected chi connectivity index (χ1v) is 8.27. The summed E-state index contributed by atoms with van der Waals surface area (Å²) >= 11 is 0. The van der Waals surface area contributed by atoms with E-state index in [1.54, 1.807) is 13.3 Å². The van der Waals surface area contributed by atoms with Crippen LogP contribution in [0.15, 0.2) is 18.3 Å². The molecule has 22 heavy (non-hydrogen) atoms. The number of rotatable bonds is 4. The molecule has 0 saturated heterocycles. The largest absolute Gasteiger partial charge is 0.480 e. The van der Waals surface area contributed by atoms with Gasteiger partial charge in [-0.3, -0.25) is 0 Å². The maximum Gasteiger partial charge on any atom is 0.322 e. The molecule has 2 aliphatic rings. The highest BCUT2D eigenvalue weighted by molar-refractivity contribution is 5.91. The molecule has 120 valence electrons. The van der Waals surface area contributed by atoms with Crippen LogP contribution in [0.25, 0.3) is 0 Å². The van der Waals surface area contributed by atoms with Crippen molar-refractivity contribution in [2.75, 3.05) is 12.4 Å². The van der Waals surface area contributed by atoms with Crippen LogP contribution in [0.3, 0.4) is 0 Å². The van der Waals surface area contributed by atoms with Crippen molar-refractivity contribution >= 4 is 11.7 Å². The molecule has 1 aromatic heterocycles. The van der Waals surface area contributed by atoms with Gasteiger partial charge < -0.3 is 15.0 Å². The molecule has 2 amide bonds. The average Bonchev–Trinajstić information content (AvgIpc) is 3.35. The van der Waals surface area contributed by atoms with Crippen LogP contribution in [0.1, 0.15) is 45.4 Å². The van der Waals surface area contributed by atoms with Crippen LogP contribution < -0.4 is 10.1 Å². The molecule has 1 N–H and O–H groups in total. The molecule has 0 radical (unpaired) electrons. The van der Waals surface area contributed by atoms with Gasteiger partial charge in [-0.2, -0.15) is 0 Å². The number of aromatic nitrogens is 1. The van der Waals surface area contributed by atoms with Gasteiger partial charge in [0.25, 0.3) is 0 Å². The van der Waals surface area contributed by atoms with Crippen LogP contribution in [-0.2, 0) is 0 Å². The number of ether oxygens (including phenoxy) is 1. The topological polar surface area (TPSA) is 54.5 Å². The van der Waals surface area contributed by atoms with Crippen LogP contribution in [0, 0.1) is 5.92 Å². The zero-order chi connectivity index (χ0) is 15.5. The summed E-state index contributed by atoms with van der Waals surface area (Å²) in [7, 11) is 1.57. The van der Waals surface area contributed by atoms with E-state index in [0.717, 1.165) is 31.6 Å². The highest BCUT2D eigenvalue weighted by Gasteiger charge is 2.38. The Morgan fingerprint density at radius 3 is 2.45 bits per heavy atom. The summed E-state index contributed by atoms with van der Waals surface area (Å²) in [6.45, 7) is 2.30. The quantitative estimate of drug-likeness (QED) is 0.923. The fourth-order valence-electron chi connectivity index (χ4n) is 3.33. The first-order valence-electron chi connectivity index (χ1n) is 8.27. The first kappa shape index (κ1) is 15.1. The Labute approximate surface area is 132 Å². The summed E-state index contributed by atoms with van der Waals surface area (Å²) in [5.41, 5.74) is 0.643. The Bertz CT molecular complexity index is 522. The van der Waals surface area contributed by atoms with Gasteiger partial charge in [0.15, 0.2) is 0 Å². The minimum absolute atomic E-state index is 0.00615. The van der Waals surface area contributed by atoms with E-state index in [4.69, 9.17) is 4.74 Å². The number of carbonyl (C=O) groups is 1. The van der Waals surface area contributed by atoms with Gasteiger partial charge in [0.2, 0.25) is 5.88 Å². The van der Waals surface area contributed by atoms with Gasteiger partial charge in [0, 0.05) is 18.3 Å². The zero-order valence-corrected chi connectivity index (χ0v) is 13.4. The number of nitrogens with zero attached hydrogens (tertiary/aromatic N) is 2. The van der Waals surface area contributed by atoms with Gasteiger partial charge in [-0.25, -0.2) is 9.78 Å². The predicted molar refractivity (Wildman–Crippen MR) is 86.1 cm³/mol. The molecule has 1 aromatic rings. The third kappa shape index (κ3) is 3.34. The minimum Gasteiger partial charge on any atom is -0.480 e. The lowest BCUT2D eigenvalue weighted by Gasteiger charge is -2.36. The maximum absolute atomic E-state index is 12.8. The van der Waals surface area contributed by atoms with E-state index in [9.17, 15) is 4.79 Å². The van der Waals surface area contributed by atoms with E-state index < -0.39 is 0 Å². The molecule has 2 aliphatic carbocycles. The van der Waals surface area contributed by atoms with Crippen molar-refractivity contribution in [1.29, 1.82) is 0 Å². The minimum atomic E-state index is -0.00615. The molecule has 0 spiro atoms. The molecule has 5 heteroatoms. The van der Waals surface area contributed by atoms with Gasteiger partial charge in [-0.1, -0.05) is 6.92 Å². The normalized spacial score (nSPS) is 24.6. The predicted octanol–water partition coefficient (Wildman–Crippen LogP) is 3.67. The van der Waals surface area contributed by atoms with Crippen LogP contribution >= 0.6 is 0 Å². The smallest absolute Gasteiger partial charge is 0.322 e. The molecular formula is C17H25N3O2. The number of hydrogen-bond donors (Lipinski definition) is 1. The molecule has 0 bridgehead atoms. The summed E-state index contributed by atoms with van der Waals surface area (Å²) in [5, 5.41) is 2.99. The molecule has 3 rings (SSSR count). The molecule has 0 aliphatic heterocycles. The summed E-state index contributed by atoms with van der Waals surface area (Å²) in [6, 6.07) is 4.43. The highest BCUT2D eigenvalue weighted by Crippen LogP contribution is 2.36. The molecule has 1 heterocycles. The summed E-state index contributed by atoms with van der Waals surface area (Å²) in [5.74, 6) is 1.25. The van der Waals surface area contributed by atoms with E-state index in [2.05, 4.69) is 22.1 Å². The number of nitrogens with one attached hydrogen (secondary N) is 1. The van der Waals surface area contributed by atoms with Gasteiger partial charge >= 0.3 is 6.03 Å². The van der Waals surface area contributed by atoms with Crippen molar-refractivity contribution in [3.63, 3.8) is 0 Å². The number of urea groups is 1. The Morgan fingerprint density at radius 2 is 1.86 bits per heavy atom. The number of methoxy groups -OCH3 is 1. The van der Waals surface area contributed by atoms with Gasteiger partial charge in [0.1, 0.15) is 5.69 Å². The third-order valence-corrected chi connectivity index (χ3v) is 4.76. The molecular weight excluding hydrogens is 278 g/mol. The maximum atomic E-state index is 12.8. The van der Waals surface area contributed by atoms with E-state index in [0.29, 0.717) is 23.7 Å². The second-order valence-electron chi connectivity index (χ2n) is 6.54.